The molecule has 0 radical (unpaired) electrons. The van der Waals surface area contributed by atoms with E-state index >= 15 is 0 Å². The largest absolute Gasteiger partial charge is 0.354 e. The van der Waals surface area contributed by atoms with Crippen LogP contribution in [0.4, 0.5) is 0 Å². The van der Waals surface area contributed by atoms with Crippen molar-refractivity contribution in [2.45, 2.75) is 19.4 Å². The van der Waals surface area contributed by atoms with E-state index in [1.807, 2.05) is 48.0 Å². The first-order chi connectivity index (χ1) is 13.6. The van der Waals surface area contributed by atoms with Gasteiger partial charge in [-0.25, -0.2) is 9.97 Å². The SMILES string of the molecule is CNC(=O)c1cc(C(=O)NCCn2ccnc2)cc([C@@H](C)c2ccccc2)n1. The summed E-state index contributed by atoms with van der Waals surface area (Å²) in [6.07, 6.45) is 5.22. The fraction of sp³-hybridized carbons (Fsp3) is 0.238. The molecular formula is C21H23N5O2. The number of carbonyl (C=O) groups is 2. The van der Waals surface area contributed by atoms with E-state index in [1.54, 1.807) is 25.6 Å². The topological polar surface area (TPSA) is 88.9 Å². The van der Waals surface area contributed by atoms with Gasteiger partial charge in [0.25, 0.3) is 11.8 Å². The lowest BCUT2D eigenvalue weighted by molar-refractivity contribution is 0.0952. The van der Waals surface area contributed by atoms with E-state index < -0.39 is 0 Å². The number of aromatic nitrogens is 3. The Morgan fingerprint density at radius 3 is 2.61 bits per heavy atom. The van der Waals surface area contributed by atoms with Crippen LogP contribution in [0.2, 0.25) is 0 Å². The van der Waals surface area contributed by atoms with Gasteiger partial charge in [-0.1, -0.05) is 37.3 Å². The Hall–Kier alpha value is -3.48. The quantitative estimate of drug-likeness (QED) is 0.661. The maximum atomic E-state index is 12.7. The minimum Gasteiger partial charge on any atom is -0.354 e. The van der Waals surface area contributed by atoms with Gasteiger partial charge >= 0.3 is 0 Å². The summed E-state index contributed by atoms with van der Waals surface area (Å²) in [5.41, 5.74) is 2.38. The summed E-state index contributed by atoms with van der Waals surface area (Å²) >= 11 is 0. The number of nitrogens with one attached hydrogen (secondary N) is 2. The van der Waals surface area contributed by atoms with Gasteiger partial charge in [-0.2, -0.15) is 0 Å². The van der Waals surface area contributed by atoms with Gasteiger partial charge < -0.3 is 15.2 Å². The molecule has 7 heteroatoms. The van der Waals surface area contributed by atoms with Gasteiger partial charge in [0.05, 0.1) is 6.33 Å². The number of imidazole rings is 1. The molecule has 144 valence electrons. The monoisotopic (exact) mass is 377 g/mol. The predicted octanol–water partition coefficient (Wildman–Crippen LogP) is 2.22. The van der Waals surface area contributed by atoms with E-state index in [4.69, 9.17) is 0 Å². The molecule has 1 atom stereocenters. The van der Waals surface area contributed by atoms with E-state index in [-0.39, 0.29) is 23.4 Å². The van der Waals surface area contributed by atoms with Crippen LogP contribution < -0.4 is 10.6 Å². The summed E-state index contributed by atoms with van der Waals surface area (Å²) in [5, 5.41) is 5.45. The minimum absolute atomic E-state index is 0.0525. The maximum absolute atomic E-state index is 12.7. The summed E-state index contributed by atoms with van der Waals surface area (Å²) in [7, 11) is 1.54. The summed E-state index contributed by atoms with van der Waals surface area (Å²) in [4.78, 5) is 33.3. The van der Waals surface area contributed by atoms with E-state index in [0.29, 0.717) is 24.3 Å². The predicted molar refractivity (Wildman–Crippen MR) is 106 cm³/mol. The van der Waals surface area contributed by atoms with Crippen molar-refractivity contribution in [1.29, 1.82) is 0 Å². The summed E-state index contributed by atoms with van der Waals surface area (Å²) in [6, 6.07) is 13.1. The molecule has 3 rings (SSSR count). The highest BCUT2D eigenvalue weighted by molar-refractivity contribution is 5.98. The molecule has 0 saturated carbocycles. The smallest absolute Gasteiger partial charge is 0.269 e. The van der Waals surface area contributed by atoms with Crippen LogP contribution in [-0.4, -0.2) is 39.9 Å². The van der Waals surface area contributed by atoms with Gasteiger partial charge in [0, 0.05) is 49.7 Å². The third-order valence-corrected chi connectivity index (χ3v) is 4.53. The van der Waals surface area contributed by atoms with Crippen LogP contribution in [0.15, 0.2) is 61.2 Å². The molecule has 2 aromatic heterocycles. The van der Waals surface area contributed by atoms with E-state index in [0.717, 1.165) is 5.56 Å². The molecule has 0 bridgehead atoms. The third kappa shape index (κ3) is 4.62. The van der Waals surface area contributed by atoms with Crippen LogP contribution in [-0.2, 0) is 6.54 Å². The van der Waals surface area contributed by atoms with Crippen LogP contribution in [0.25, 0.3) is 0 Å². The van der Waals surface area contributed by atoms with E-state index in [2.05, 4.69) is 20.6 Å². The molecule has 7 nitrogen and oxygen atoms in total. The number of nitrogens with zero attached hydrogens (tertiary/aromatic N) is 3. The Kier molecular flexibility index (Phi) is 6.16. The first-order valence-electron chi connectivity index (χ1n) is 9.11. The lowest BCUT2D eigenvalue weighted by Gasteiger charge is -2.15. The number of benzene rings is 1. The summed E-state index contributed by atoms with van der Waals surface area (Å²) < 4.78 is 1.88. The van der Waals surface area contributed by atoms with Crippen molar-refractivity contribution in [3.05, 3.63) is 83.7 Å². The van der Waals surface area contributed by atoms with Gasteiger partial charge in [-0.15, -0.1) is 0 Å². The highest BCUT2D eigenvalue weighted by atomic mass is 16.2. The van der Waals surface area contributed by atoms with Gasteiger partial charge in [-0.3, -0.25) is 9.59 Å². The second-order valence-electron chi connectivity index (χ2n) is 6.43. The fourth-order valence-corrected chi connectivity index (χ4v) is 2.88. The zero-order valence-corrected chi connectivity index (χ0v) is 15.9. The minimum atomic E-state index is -0.324. The van der Waals surface area contributed by atoms with Crippen LogP contribution in [0.3, 0.4) is 0 Å². The second kappa shape index (κ2) is 8.94. The van der Waals surface area contributed by atoms with Gasteiger partial charge in [0.15, 0.2) is 0 Å². The Balaban J connectivity index is 1.82. The molecule has 0 saturated heterocycles. The lowest BCUT2D eigenvalue weighted by Crippen LogP contribution is -2.28. The van der Waals surface area contributed by atoms with Crippen molar-refractivity contribution in [3.8, 4) is 0 Å². The van der Waals surface area contributed by atoms with Crippen molar-refractivity contribution in [2.75, 3.05) is 13.6 Å². The molecule has 0 unspecified atom stereocenters. The molecule has 3 aromatic rings. The molecule has 2 heterocycles. The summed E-state index contributed by atoms with van der Waals surface area (Å²) in [6.45, 7) is 3.08. The zero-order chi connectivity index (χ0) is 19.9. The first-order valence-corrected chi connectivity index (χ1v) is 9.11. The molecule has 1 aromatic carbocycles. The highest BCUT2D eigenvalue weighted by Gasteiger charge is 2.17. The molecule has 0 aliphatic carbocycles. The van der Waals surface area contributed by atoms with Crippen LogP contribution in [0, 0.1) is 0 Å². The molecule has 0 spiro atoms. The number of amides is 2. The molecule has 0 aliphatic heterocycles. The van der Waals surface area contributed by atoms with Crippen molar-refractivity contribution < 1.29 is 9.59 Å². The number of hydrogen-bond donors (Lipinski definition) is 2. The van der Waals surface area contributed by atoms with Gasteiger partial charge in [0.2, 0.25) is 0 Å². The summed E-state index contributed by atoms with van der Waals surface area (Å²) in [5.74, 6) is -0.618. The Labute approximate surface area is 163 Å². The van der Waals surface area contributed by atoms with E-state index in [9.17, 15) is 9.59 Å². The fourth-order valence-electron chi connectivity index (χ4n) is 2.88. The van der Waals surface area contributed by atoms with Crippen molar-refractivity contribution in [3.63, 3.8) is 0 Å². The Morgan fingerprint density at radius 2 is 1.93 bits per heavy atom. The lowest BCUT2D eigenvalue weighted by atomic mass is 9.96. The maximum Gasteiger partial charge on any atom is 0.269 e. The van der Waals surface area contributed by atoms with Crippen molar-refractivity contribution in [2.24, 2.45) is 0 Å². The first kappa shape index (κ1) is 19.3. The molecule has 2 N–H and O–H groups in total. The van der Waals surface area contributed by atoms with Crippen LogP contribution >= 0.6 is 0 Å². The van der Waals surface area contributed by atoms with Crippen molar-refractivity contribution >= 4 is 11.8 Å². The van der Waals surface area contributed by atoms with Crippen LogP contribution in [0.1, 0.15) is 44.9 Å². The molecular weight excluding hydrogens is 354 g/mol. The Morgan fingerprint density at radius 1 is 1.14 bits per heavy atom. The Bertz CT molecular complexity index is 939. The molecule has 0 aliphatic rings. The molecule has 28 heavy (non-hydrogen) atoms. The number of rotatable bonds is 7. The van der Waals surface area contributed by atoms with Gasteiger partial charge in [0.1, 0.15) is 5.69 Å². The highest BCUT2D eigenvalue weighted by Crippen LogP contribution is 2.23. The standard InChI is InChI=1S/C21H23N5O2/c1-15(16-6-4-3-5-7-16)18-12-17(13-19(25-18)21(28)22-2)20(27)24-9-11-26-10-8-23-14-26/h3-8,10,12-15H,9,11H2,1-2H3,(H,22,28)(H,24,27)/t15-/m0/s1. The van der Waals surface area contributed by atoms with Gasteiger partial charge in [-0.05, 0) is 17.7 Å². The third-order valence-electron chi connectivity index (χ3n) is 4.53. The normalized spacial score (nSPS) is 11.6. The van der Waals surface area contributed by atoms with Crippen LogP contribution in [0.5, 0.6) is 0 Å². The number of pyridine rings is 1. The molecule has 0 fully saturated rings. The average molecular weight is 377 g/mol. The average Bonchev–Trinajstić information content (AvgIpc) is 3.26. The molecule has 2 amide bonds. The van der Waals surface area contributed by atoms with Crippen molar-refractivity contribution in [1.82, 2.24) is 25.2 Å². The number of carbonyl (C=O) groups excluding carboxylic acids is 2. The van der Waals surface area contributed by atoms with E-state index in [1.165, 1.54) is 6.07 Å². The number of hydrogen-bond acceptors (Lipinski definition) is 4. The second-order valence-corrected chi connectivity index (χ2v) is 6.43. The zero-order valence-electron chi connectivity index (χ0n) is 15.9.